The Balaban J connectivity index is 2.00. The molecular weight excluding hydrogens is 162 g/mol. The molecule has 0 aliphatic carbocycles. The second-order valence-electron chi connectivity index (χ2n) is 3.87. The molecular formula is C10H17N3. The van der Waals surface area contributed by atoms with Crippen molar-refractivity contribution < 1.29 is 0 Å². The van der Waals surface area contributed by atoms with E-state index in [0.717, 1.165) is 12.4 Å². The third-order valence-corrected chi connectivity index (χ3v) is 2.74. The molecule has 0 bridgehead atoms. The van der Waals surface area contributed by atoms with Crippen molar-refractivity contribution in [1.29, 1.82) is 0 Å². The minimum absolute atomic E-state index is 1.03. The summed E-state index contributed by atoms with van der Waals surface area (Å²) in [5.41, 5.74) is 1.21. The van der Waals surface area contributed by atoms with Crippen LogP contribution in [0.4, 0.5) is 0 Å². The maximum absolute atomic E-state index is 4.50. The Labute approximate surface area is 79.4 Å². The molecule has 2 heterocycles. The van der Waals surface area contributed by atoms with Gasteiger partial charge in [-0.2, -0.15) is 0 Å². The highest BCUT2D eigenvalue weighted by Gasteiger charge is 2.13. The first-order valence-corrected chi connectivity index (χ1v) is 4.97. The molecule has 1 saturated heterocycles. The lowest BCUT2D eigenvalue weighted by Crippen LogP contribution is -2.18. The Kier molecular flexibility index (Phi) is 2.36. The monoisotopic (exact) mass is 179 g/mol. The van der Waals surface area contributed by atoms with Crippen LogP contribution in [0, 0.1) is 6.92 Å². The van der Waals surface area contributed by atoms with Gasteiger partial charge in [0, 0.05) is 19.8 Å². The third kappa shape index (κ3) is 1.91. The van der Waals surface area contributed by atoms with E-state index >= 15 is 0 Å². The fourth-order valence-corrected chi connectivity index (χ4v) is 1.88. The van der Waals surface area contributed by atoms with Gasteiger partial charge >= 0.3 is 0 Å². The van der Waals surface area contributed by atoms with E-state index in [-0.39, 0.29) is 0 Å². The minimum Gasteiger partial charge on any atom is -0.338 e. The molecule has 13 heavy (non-hydrogen) atoms. The number of aryl methyl sites for hydroxylation is 2. The zero-order chi connectivity index (χ0) is 9.26. The van der Waals surface area contributed by atoms with E-state index in [1.165, 1.54) is 31.6 Å². The van der Waals surface area contributed by atoms with Gasteiger partial charge in [-0.3, -0.25) is 4.90 Å². The van der Waals surface area contributed by atoms with Crippen molar-refractivity contribution >= 4 is 0 Å². The third-order valence-electron chi connectivity index (χ3n) is 2.74. The van der Waals surface area contributed by atoms with Crippen LogP contribution in [0.2, 0.25) is 0 Å². The van der Waals surface area contributed by atoms with Gasteiger partial charge in [-0.1, -0.05) is 0 Å². The predicted octanol–water partition coefficient (Wildman–Crippen LogP) is 1.32. The van der Waals surface area contributed by atoms with E-state index in [9.17, 15) is 0 Å². The first-order chi connectivity index (χ1) is 6.25. The Morgan fingerprint density at radius 2 is 2.08 bits per heavy atom. The van der Waals surface area contributed by atoms with Crippen molar-refractivity contribution in [2.75, 3.05) is 13.1 Å². The van der Waals surface area contributed by atoms with Crippen LogP contribution >= 0.6 is 0 Å². The van der Waals surface area contributed by atoms with Gasteiger partial charge in [0.05, 0.1) is 5.69 Å². The Morgan fingerprint density at radius 3 is 2.62 bits per heavy atom. The number of nitrogens with zero attached hydrogens (tertiary/aromatic N) is 3. The highest BCUT2D eigenvalue weighted by atomic mass is 15.2. The zero-order valence-corrected chi connectivity index (χ0v) is 8.45. The fraction of sp³-hybridized carbons (Fsp3) is 0.700. The van der Waals surface area contributed by atoms with E-state index in [4.69, 9.17) is 0 Å². The first-order valence-electron chi connectivity index (χ1n) is 4.97. The molecule has 0 atom stereocenters. The summed E-state index contributed by atoms with van der Waals surface area (Å²) in [6, 6.07) is 0. The Morgan fingerprint density at radius 1 is 1.38 bits per heavy atom. The largest absolute Gasteiger partial charge is 0.338 e. The summed E-state index contributed by atoms with van der Waals surface area (Å²) in [4.78, 5) is 6.97. The van der Waals surface area contributed by atoms with E-state index in [1.54, 1.807) is 0 Å². The molecule has 0 N–H and O–H groups in total. The predicted molar refractivity (Wildman–Crippen MR) is 52.5 cm³/mol. The SMILES string of the molecule is Cc1nc(CN2CCCC2)cn1C. The number of rotatable bonds is 2. The molecule has 1 aromatic rings. The van der Waals surface area contributed by atoms with Gasteiger partial charge in [0.2, 0.25) is 0 Å². The van der Waals surface area contributed by atoms with Crippen LogP contribution in [0.1, 0.15) is 24.4 Å². The molecule has 3 heteroatoms. The number of aromatic nitrogens is 2. The van der Waals surface area contributed by atoms with Crippen molar-refractivity contribution in [2.24, 2.45) is 7.05 Å². The molecule has 2 rings (SSSR count). The van der Waals surface area contributed by atoms with Crippen molar-refractivity contribution in [1.82, 2.24) is 14.5 Å². The molecule has 0 saturated carbocycles. The first kappa shape index (κ1) is 8.75. The van der Waals surface area contributed by atoms with Crippen LogP contribution in [0.3, 0.4) is 0 Å². The molecule has 1 aromatic heterocycles. The van der Waals surface area contributed by atoms with Crippen LogP contribution in [0.25, 0.3) is 0 Å². The summed E-state index contributed by atoms with van der Waals surface area (Å²) in [5, 5.41) is 0. The molecule has 0 aromatic carbocycles. The lowest BCUT2D eigenvalue weighted by Gasteiger charge is -2.11. The number of imidazole rings is 1. The van der Waals surface area contributed by atoms with Crippen molar-refractivity contribution in [2.45, 2.75) is 26.3 Å². The van der Waals surface area contributed by atoms with Crippen LogP contribution < -0.4 is 0 Å². The van der Waals surface area contributed by atoms with E-state index in [0.29, 0.717) is 0 Å². The molecule has 1 fully saturated rings. The van der Waals surface area contributed by atoms with E-state index in [2.05, 4.69) is 27.7 Å². The number of hydrogen-bond acceptors (Lipinski definition) is 2. The molecule has 3 nitrogen and oxygen atoms in total. The van der Waals surface area contributed by atoms with Gasteiger partial charge in [0.15, 0.2) is 0 Å². The van der Waals surface area contributed by atoms with Gasteiger partial charge in [-0.25, -0.2) is 4.98 Å². The van der Waals surface area contributed by atoms with Gasteiger partial charge in [-0.05, 0) is 32.9 Å². The maximum Gasteiger partial charge on any atom is 0.105 e. The normalized spacial score (nSPS) is 18.3. The van der Waals surface area contributed by atoms with E-state index < -0.39 is 0 Å². The second kappa shape index (κ2) is 3.50. The van der Waals surface area contributed by atoms with Gasteiger partial charge < -0.3 is 4.57 Å². The number of hydrogen-bond donors (Lipinski definition) is 0. The van der Waals surface area contributed by atoms with Crippen LogP contribution in [-0.2, 0) is 13.6 Å². The summed E-state index contributed by atoms with van der Waals surface area (Å²) in [5.74, 6) is 1.11. The van der Waals surface area contributed by atoms with Crippen LogP contribution in [0.15, 0.2) is 6.20 Å². The minimum atomic E-state index is 1.03. The summed E-state index contributed by atoms with van der Waals surface area (Å²) in [6.45, 7) is 5.57. The molecule has 0 radical (unpaired) electrons. The Bertz CT molecular complexity index is 265. The molecule has 72 valence electrons. The molecule has 1 aliphatic heterocycles. The smallest absolute Gasteiger partial charge is 0.105 e. The molecule has 0 unspecified atom stereocenters. The molecule has 1 aliphatic rings. The van der Waals surface area contributed by atoms with Crippen LogP contribution in [0.5, 0.6) is 0 Å². The number of likely N-dealkylation sites (tertiary alicyclic amines) is 1. The summed E-state index contributed by atoms with van der Waals surface area (Å²) >= 11 is 0. The average Bonchev–Trinajstić information content (AvgIpc) is 2.64. The summed E-state index contributed by atoms with van der Waals surface area (Å²) in [6.07, 6.45) is 4.84. The highest BCUT2D eigenvalue weighted by Crippen LogP contribution is 2.11. The average molecular weight is 179 g/mol. The van der Waals surface area contributed by atoms with E-state index in [1.807, 2.05) is 6.92 Å². The highest BCUT2D eigenvalue weighted by molar-refractivity contribution is 5.02. The summed E-state index contributed by atoms with van der Waals surface area (Å²) < 4.78 is 2.09. The zero-order valence-electron chi connectivity index (χ0n) is 8.45. The van der Waals surface area contributed by atoms with Crippen LogP contribution in [-0.4, -0.2) is 27.5 Å². The fourth-order valence-electron chi connectivity index (χ4n) is 1.88. The van der Waals surface area contributed by atoms with Gasteiger partial charge in [0.25, 0.3) is 0 Å². The van der Waals surface area contributed by atoms with Gasteiger partial charge in [-0.15, -0.1) is 0 Å². The quantitative estimate of drug-likeness (QED) is 0.683. The second-order valence-corrected chi connectivity index (χ2v) is 3.87. The lowest BCUT2D eigenvalue weighted by atomic mass is 10.4. The lowest BCUT2D eigenvalue weighted by molar-refractivity contribution is 0.327. The van der Waals surface area contributed by atoms with Crippen molar-refractivity contribution in [3.05, 3.63) is 17.7 Å². The maximum atomic E-state index is 4.50. The Hall–Kier alpha value is -0.830. The molecule has 0 spiro atoms. The van der Waals surface area contributed by atoms with Gasteiger partial charge in [0.1, 0.15) is 5.82 Å². The molecule has 0 amide bonds. The van der Waals surface area contributed by atoms with Crippen molar-refractivity contribution in [3.63, 3.8) is 0 Å². The standard InChI is InChI=1S/C10H17N3/c1-9-11-10(7-12(9)2)8-13-5-3-4-6-13/h7H,3-6,8H2,1-2H3. The summed E-state index contributed by atoms with van der Waals surface area (Å²) in [7, 11) is 2.05. The van der Waals surface area contributed by atoms with Crippen molar-refractivity contribution in [3.8, 4) is 0 Å². The topological polar surface area (TPSA) is 21.1 Å².